The van der Waals surface area contributed by atoms with Crippen LogP contribution >= 0.6 is 0 Å². The van der Waals surface area contributed by atoms with Crippen molar-refractivity contribution >= 4 is 5.69 Å². The molecule has 2 aliphatic rings. The molecule has 1 aromatic rings. The van der Waals surface area contributed by atoms with Gasteiger partial charge in [0.1, 0.15) is 0 Å². The molecule has 1 saturated carbocycles. The van der Waals surface area contributed by atoms with E-state index < -0.39 is 0 Å². The summed E-state index contributed by atoms with van der Waals surface area (Å²) in [7, 11) is 0. The van der Waals surface area contributed by atoms with E-state index >= 15 is 0 Å². The van der Waals surface area contributed by atoms with E-state index in [1.165, 1.54) is 50.6 Å². The summed E-state index contributed by atoms with van der Waals surface area (Å²) in [5.74, 6) is 0.893. The Morgan fingerprint density at radius 3 is 3.05 bits per heavy atom. The van der Waals surface area contributed by atoms with Gasteiger partial charge in [0, 0.05) is 18.8 Å². The molecule has 0 aromatic carbocycles. The maximum atomic E-state index is 5.66. The van der Waals surface area contributed by atoms with Crippen LogP contribution in [0.1, 0.15) is 51.9 Å². The molecule has 0 amide bonds. The van der Waals surface area contributed by atoms with E-state index in [9.17, 15) is 0 Å². The Kier molecular flexibility index (Phi) is 4.61. The zero-order valence-electron chi connectivity index (χ0n) is 12.6. The number of rotatable bonds is 4. The van der Waals surface area contributed by atoms with Gasteiger partial charge in [0.15, 0.2) is 0 Å². The van der Waals surface area contributed by atoms with Crippen molar-refractivity contribution < 1.29 is 4.74 Å². The minimum absolute atomic E-state index is 0.362. The normalized spacial score (nSPS) is 31.1. The Balaban J connectivity index is 1.51. The second-order valence-corrected chi connectivity index (χ2v) is 6.54. The van der Waals surface area contributed by atoms with E-state index in [2.05, 4.69) is 23.5 Å². The van der Waals surface area contributed by atoms with Gasteiger partial charge in [-0.15, -0.1) is 0 Å². The summed E-state index contributed by atoms with van der Waals surface area (Å²) in [6.45, 7) is 4.18. The van der Waals surface area contributed by atoms with Crippen LogP contribution in [0.25, 0.3) is 0 Å². The van der Waals surface area contributed by atoms with Gasteiger partial charge in [-0.3, -0.25) is 4.68 Å². The Labute approximate surface area is 121 Å². The molecule has 0 radical (unpaired) electrons. The Morgan fingerprint density at radius 2 is 2.20 bits per heavy atom. The van der Waals surface area contributed by atoms with Crippen molar-refractivity contribution in [2.24, 2.45) is 5.92 Å². The minimum Gasteiger partial charge on any atom is -0.380 e. The minimum atomic E-state index is 0.362. The van der Waals surface area contributed by atoms with E-state index in [4.69, 9.17) is 4.74 Å². The molecule has 1 aliphatic carbocycles. The van der Waals surface area contributed by atoms with Crippen LogP contribution in [-0.2, 0) is 11.3 Å². The van der Waals surface area contributed by atoms with E-state index in [1.54, 1.807) is 0 Å². The highest BCUT2D eigenvalue weighted by Gasteiger charge is 2.18. The van der Waals surface area contributed by atoms with Crippen molar-refractivity contribution in [2.75, 3.05) is 11.9 Å². The number of hydrogen-bond acceptors (Lipinski definition) is 3. The molecule has 1 aromatic heterocycles. The number of anilines is 1. The molecule has 112 valence electrons. The van der Waals surface area contributed by atoms with Gasteiger partial charge in [0.25, 0.3) is 0 Å². The zero-order valence-corrected chi connectivity index (χ0v) is 12.6. The average Bonchev–Trinajstić information content (AvgIpc) is 3.04. The predicted molar refractivity (Wildman–Crippen MR) is 80.9 cm³/mol. The molecule has 3 atom stereocenters. The molecule has 4 heteroatoms. The number of hydrogen-bond donors (Lipinski definition) is 1. The molecule has 2 fully saturated rings. The third kappa shape index (κ3) is 3.75. The van der Waals surface area contributed by atoms with Crippen LogP contribution in [0.2, 0.25) is 0 Å². The smallest absolute Gasteiger partial charge is 0.0771 e. The summed E-state index contributed by atoms with van der Waals surface area (Å²) >= 11 is 0. The molecule has 1 aliphatic heterocycles. The van der Waals surface area contributed by atoms with Gasteiger partial charge in [-0.25, -0.2) is 0 Å². The fourth-order valence-electron chi connectivity index (χ4n) is 3.40. The highest BCUT2D eigenvalue weighted by Crippen LogP contribution is 2.25. The monoisotopic (exact) mass is 277 g/mol. The summed E-state index contributed by atoms with van der Waals surface area (Å²) < 4.78 is 7.69. The second kappa shape index (κ2) is 6.61. The van der Waals surface area contributed by atoms with Crippen molar-refractivity contribution in [1.82, 2.24) is 9.78 Å². The Morgan fingerprint density at radius 1 is 1.25 bits per heavy atom. The SMILES string of the molecule is CC1CCCC(Nc2cnn(CC3CCCO3)c2)CC1. The van der Waals surface area contributed by atoms with Gasteiger partial charge in [-0.05, 0) is 38.0 Å². The number of ether oxygens (including phenoxy) is 1. The van der Waals surface area contributed by atoms with Crippen LogP contribution in [-0.4, -0.2) is 28.5 Å². The maximum Gasteiger partial charge on any atom is 0.0771 e. The van der Waals surface area contributed by atoms with Gasteiger partial charge in [0.2, 0.25) is 0 Å². The summed E-state index contributed by atoms with van der Waals surface area (Å²) in [5.41, 5.74) is 1.17. The van der Waals surface area contributed by atoms with Gasteiger partial charge in [0.05, 0.1) is 24.5 Å². The van der Waals surface area contributed by atoms with Gasteiger partial charge >= 0.3 is 0 Å². The molecular weight excluding hydrogens is 250 g/mol. The molecule has 1 N–H and O–H groups in total. The first kappa shape index (κ1) is 13.9. The predicted octanol–water partition coefficient (Wildman–Crippen LogP) is 3.44. The third-order valence-corrected chi connectivity index (χ3v) is 4.68. The van der Waals surface area contributed by atoms with Crippen molar-refractivity contribution in [3.63, 3.8) is 0 Å². The molecule has 3 unspecified atom stereocenters. The maximum absolute atomic E-state index is 5.66. The first-order valence-corrected chi connectivity index (χ1v) is 8.20. The zero-order chi connectivity index (χ0) is 13.8. The average molecular weight is 277 g/mol. The fourth-order valence-corrected chi connectivity index (χ4v) is 3.40. The van der Waals surface area contributed by atoms with Crippen LogP contribution in [0.15, 0.2) is 12.4 Å². The van der Waals surface area contributed by atoms with Crippen molar-refractivity contribution in [2.45, 2.75) is 70.6 Å². The summed E-state index contributed by atoms with van der Waals surface area (Å²) in [5, 5.41) is 8.12. The van der Waals surface area contributed by atoms with E-state index in [0.717, 1.165) is 19.1 Å². The van der Waals surface area contributed by atoms with Gasteiger partial charge in [-0.1, -0.05) is 19.8 Å². The molecule has 4 nitrogen and oxygen atoms in total. The molecule has 2 heterocycles. The lowest BCUT2D eigenvalue weighted by Gasteiger charge is -2.16. The highest BCUT2D eigenvalue weighted by atomic mass is 16.5. The summed E-state index contributed by atoms with van der Waals surface area (Å²) in [6.07, 6.45) is 13.5. The fraction of sp³-hybridized carbons (Fsp3) is 0.812. The van der Waals surface area contributed by atoms with Crippen LogP contribution in [0, 0.1) is 5.92 Å². The van der Waals surface area contributed by atoms with Crippen LogP contribution < -0.4 is 5.32 Å². The standard InChI is InChI=1S/C16H27N3O/c1-13-4-2-5-14(8-7-13)18-15-10-17-19(11-15)12-16-6-3-9-20-16/h10-11,13-14,16,18H,2-9,12H2,1H3. The Bertz CT molecular complexity index is 412. The lowest BCUT2D eigenvalue weighted by Crippen LogP contribution is -2.18. The third-order valence-electron chi connectivity index (χ3n) is 4.68. The van der Waals surface area contributed by atoms with Crippen molar-refractivity contribution in [1.29, 1.82) is 0 Å². The van der Waals surface area contributed by atoms with Crippen LogP contribution in [0.3, 0.4) is 0 Å². The quantitative estimate of drug-likeness (QED) is 0.857. The molecular formula is C16H27N3O. The van der Waals surface area contributed by atoms with E-state index in [1.807, 2.05) is 10.9 Å². The molecule has 0 spiro atoms. The highest BCUT2D eigenvalue weighted by molar-refractivity contribution is 5.39. The topological polar surface area (TPSA) is 39.1 Å². The molecule has 1 saturated heterocycles. The Hall–Kier alpha value is -1.03. The first-order valence-electron chi connectivity index (χ1n) is 8.20. The van der Waals surface area contributed by atoms with Gasteiger partial charge in [-0.2, -0.15) is 5.10 Å². The lowest BCUT2D eigenvalue weighted by molar-refractivity contribution is 0.0940. The molecule has 20 heavy (non-hydrogen) atoms. The molecule has 3 rings (SSSR count). The van der Waals surface area contributed by atoms with Gasteiger partial charge < -0.3 is 10.1 Å². The first-order chi connectivity index (χ1) is 9.79. The molecule has 0 bridgehead atoms. The summed E-state index contributed by atoms with van der Waals surface area (Å²) in [6, 6.07) is 0.625. The summed E-state index contributed by atoms with van der Waals surface area (Å²) in [4.78, 5) is 0. The van der Waals surface area contributed by atoms with Crippen LogP contribution in [0.4, 0.5) is 5.69 Å². The number of nitrogens with zero attached hydrogens (tertiary/aromatic N) is 2. The van der Waals surface area contributed by atoms with E-state index in [0.29, 0.717) is 12.1 Å². The number of aromatic nitrogens is 2. The number of nitrogens with one attached hydrogen (secondary N) is 1. The van der Waals surface area contributed by atoms with E-state index in [-0.39, 0.29) is 0 Å². The largest absolute Gasteiger partial charge is 0.380 e. The van der Waals surface area contributed by atoms with Crippen molar-refractivity contribution in [3.05, 3.63) is 12.4 Å². The second-order valence-electron chi connectivity index (χ2n) is 6.54. The van der Waals surface area contributed by atoms with Crippen LogP contribution in [0.5, 0.6) is 0 Å². The lowest BCUT2D eigenvalue weighted by atomic mass is 10.0. The van der Waals surface area contributed by atoms with Crippen molar-refractivity contribution in [3.8, 4) is 0 Å².